The summed E-state index contributed by atoms with van der Waals surface area (Å²) in [5.41, 5.74) is -0.562. The van der Waals surface area contributed by atoms with Gasteiger partial charge in [0, 0.05) is 17.3 Å². The molecular weight excluding hydrogens is 462 g/mol. The van der Waals surface area contributed by atoms with E-state index in [-0.39, 0.29) is 17.5 Å². The number of halogens is 3. The number of thioether (sulfide) groups is 1. The van der Waals surface area contributed by atoms with E-state index < -0.39 is 36.2 Å². The van der Waals surface area contributed by atoms with Gasteiger partial charge in [0.25, 0.3) is 5.56 Å². The number of hydrogen-bond donors (Lipinski definition) is 2. The number of pyridine rings is 2. The van der Waals surface area contributed by atoms with Crippen molar-refractivity contribution in [2.45, 2.75) is 23.9 Å². The number of aromatic nitrogens is 4. The Kier molecular flexibility index (Phi) is 7.75. The fraction of sp³-hybridized carbons (Fsp3) is 0.250. The Balaban J connectivity index is 1.68. The van der Waals surface area contributed by atoms with E-state index in [0.717, 1.165) is 15.7 Å². The molecule has 12 heteroatoms. The quantitative estimate of drug-likeness (QED) is 0.454. The highest BCUT2D eigenvalue weighted by molar-refractivity contribution is 7.98. The molecule has 1 amide bonds. The van der Waals surface area contributed by atoms with Crippen LogP contribution in [0.5, 0.6) is 0 Å². The van der Waals surface area contributed by atoms with Gasteiger partial charge in [0.15, 0.2) is 5.82 Å². The molecule has 0 aliphatic heterocycles. The summed E-state index contributed by atoms with van der Waals surface area (Å²) in [5, 5.41) is 4.90. The van der Waals surface area contributed by atoms with Gasteiger partial charge >= 0.3 is 5.92 Å². The second-order valence-corrected chi connectivity index (χ2v) is 7.76. The summed E-state index contributed by atoms with van der Waals surface area (Å²) in [6.07, 6.45) is 5.87. The van der Waals surface area contributed by atoms with Crippen LogP contribution in [0, 0.1) is 0 Å². The summed E-state index contributed by atoms with van der Waals surface area (Å²) in [6.45, 7) is -1.15. The standard InChI is InChI=1S/C20H19ClF2N6O2S/c1-32-14-5-4-8-24-13(14)9-26-17(30)11-29-16(21)10-27-18(19(29)31)28-12-20(22,23)15-6-2-3-7-25-15/h2-8,10H,9,11-12H2,1H3,(H,26,30)(H,27,28). The van der Waals surface area contributed by atoms with E-state index in [1.165, 1.54) is 36.2 Å². The zero-order valence-corrected chi connectivity index (χ0v) is 18.5. The van der Waals surface area contributed by atoms with Crippen LogP contribution in [0.3, 0.4) is 0 Å². The number of carbonyl (C=O) groups is 1. The molecular formula is C20H19ClF2N6O2S. The Hall–Kier alpha value is -3.05. The second-order valence-electron chi connectivity index (χ2n) is 6.52. The molecule has 168 valence electrons. The van der Waals surface area contributed by atoms with Crippen LogP contribution in [0.4, 0.5) is 14.6 Å². The molecule has 3 aromatic rings. The van der Waals surface area contributed by atoms with Crippen molar-refractivity contribution in [3.8, 4) is 0 Å². The third-order valence-corrected chi connectivity index (χ3v) is 5.46. The monoisotopic (exact) mass is 480 g/mol. The molecule has 0 aliphatic rings. The summed E-state index contributed by atoms with van der Waals surface area (Å²) in [6, 6.07) is 7.81. The number of hydrogen-bond acceptors (Lipinski definition) is 7. The van der Waals surface area contributed by atoms with Gasteiger partial charge in [-0.25, -0.2) is 4.98 Å². The highest BCUT2D eigenvalue weighted by atomic mass is 35.5. The fourth-order valence-electron chi connectivity index (χ4n) is 2.72. The largest absolute Gasteiger partial charge is 0.359 e. The molecule has 0 aliphatic carbocycles. The number of nitrogens with one attached hydrogen (secondary N) is 2. The maximum Gasteiger partial charge on any atom is 0.306 e. The molecule has 0 radical (unpaired) electrons. The van der Waals surface area contributed by atoms with Gasteiger partial charge in [0.1, 0.15) is 17.4 Å². The first-order valence-electron chi connectivity index (χ1n) is 9.35. The SMILES string of the molecule is CSc1cccnc1CNC(=O)Cn1c(Cl)cnc(NCC(F)(F)c2ccccn2)c1=O. The minimum atomic E-state index is -3.34. The van der Waals surface area contributed by atoms with Crippen LogP contribution >= 0.6 is 23.4 Å². The lowest BCUT2D eigenvalue weighted by Crippen LogP contribution is -2.35. The normalized spacial score (nSPS) is 11.2. The minimum absolute atomic E-state index is 0.102. The number of anilines is 1. The van der Waals surface area contributed by atoms with Crippen LogP contribution in [0.1, 0.15) is 11.4 Å². The van der Waals surface area contributed by atoms with E-state index in [1.54, 1.807) is 12.3 Å². The smallest absolute Gasteiger partial charge is 0.306 e. The van der Waals surface area contributed by atoms with E-state index in [0.29, 0.717) is 5.69 Å². The molecule has 0 aromatic carbocycles. The van der Waals surface area contributed by atoms with E-state index in [2.05, 4.69) is 25.6 Å². The van der Waals surface area contributed by atoms with Gasteiger partial charge in [-0.15, -0.1) is 11.8 Å². The minimum Gasteiger partial charge on any atom is -0.359 e. The Morgan fingerprint density at radius 2 is 1.97 bits per heavy atom. The molecule has 0 bridgehead atoms. The second kappa shape index (κ2) is 10.5. The number of carbonyl (C=O) groups excluding carboxylic acids is 1. The van der Waals surface area contributed by atoms with Crippen molar-refractivity contribution in [2.24, 2.45) is 0 Å². The first-order chi connectivity index (χ1) is 15.3. The van der Waals surface area contributed by atoms with Crippen molar-refractivity contribution in [2.75, 3.05) is 18.1 Å². The number of nitrogens with zero attached hydrogens (tertiary/aromatic N) is 4. The Labute approximate surface area is 191 Å². The Bertz CT molecular complexity index is 1150. The molecule has 0 saturated heterocycles. The average molecular weight is 481 g/mol. The predicted octanol–water partition coefficient (Wildman–Crippen LogP) is 2.93. The Morgan fingerprint density at radius 1 is 1.19 bits per heavy atom. The van der Waals surface area contributed by atoms with Crippen molar-refractivity contribution in [1.82, 2.24) is 24.8 Å². The van der Waals surface area contributed by atoms with Crippen molar-refractivity contribution >= 4 is 35.1 Å². The summed E-state index contributed by atoms with van der Waals surface area (Å²) >= 11 is 7.51. The van der Waals surface area contributed by atoms with Crippen molar-refractivity contribution in [3.63, 3.8) is 0 Å². The van der Waals surface area contributed by atoms with Gasteiger partial charge < -0.3 is 10.6 Å². The maximum atomic E-state index is 14.3. The summed E-state index contributed by atoms with van der Waals surface area (Å²) < 4.78 is 29.6. The lowest BCUT2D eigenvalue weighted by molar-refractivity contribution is -0.121. The van der Waals surface area contributed by atoms with Gasteiger partial charge in [-0.2, -0.15) is 8.78 Å². The molecule has 3 rings (SSSR count). The number of alkyl halides is 2. The van der Waals surface area contributed by atoms with Gasteiger partial charge in [-0.1, -0.05) is 17.7 Å². The molecule has 8 nitrogen and oxygen atoms in total. The van der Waals surface area contributed by atoms with E-state index in [9.17, 15) is 18.4 Å². The van der Waals surface area contributed by atoms with Crippen LogP contribution in [-0.4, -0.2) is 38.2 Å². The Morgan fingerprint density at radius 3 is 2.69 bits per heavy atom. The molecule has 32 heavy (non-hydrogen) atoms. The number of rotatable bonds is 9. The molecule has 3 heterocycles. The fourth-order valence-corrected chi connectivity index (χ4v) is 3.48. The first-order valence-corrected chi connectivity index (χ1v) is 10.9. The van der Waals surface area contributed by atoms with Crippen LogP contribution in [0.25, 0.3) is 0 Å². The first kappa shape index (κ1) is 23.6. The van der Waals surface area contributed by atoms with E-state index >= 15 is 0 Å². The topological polar surface area (TPSA) is 102 Å². The van der Waals surface area contributed by atoms with Crippen LogP contribution < -0.4 is 16.2 Å². The third-order valence-electron chi connectivity index (χ3n) is 4.35. The summed E-state index contributed by atoms with van der Waals surface area (Å²) in [7, 11) is 0. The van der Waals surface area contributed by atoms with Crippen molar-refractivity contribution in [3.05, 3.63) is 75.8 Å². The van der Waals surface area contributed by atoms with Crippen molar-refractivity contribution < 1.29 is 13.6 Å². The molecule has 3 aromatic heterocycles. The molecule has 0 atom stereocenters. The van der Waals surface area contributed by atoms with Crippen LogP contribution in [0.2, 0.25) is 5.15 Å². The van der Waals surface area contributed by atoms with E-state index in [1.807, 2.05) is 12.3 Å². The lowest BCUT2D eigenvalue weighted by Gasteiger charge is -2.17. The molecule has 0 saturated carbocycles. The molecule has 0 fully saturated rings. The molecule has 2 N–H and O–H groups in total. The van der Waals surface area contributed by atoms with Gasteiger partial charge in [0.2, 0.25) is 5.91 Å². The summed E-state index contributed by atoms with van der Waals surface area (Å²) in [5.74, 6) is -4.19. The predicted molar refractivity (Wildman–Crippen MR) is 118 cm³/mol. The zero-order chi connectivity index (χ0) is 23.1. The van der Waals surface area contributed by atoms with Crippen LogP contribution in [-0.2, 0) is 23.8 Å². The van der Waals surface area contributed by atoms with Gasteiger partial charge in [-0.05, 0) is 30.5 Å². The van der Waals surface area contributed by atoms with Crippen LogP contribution in [0.15, 0.2) is 58.6 Å². The van der Waals surface area contributed by atoms with E-state index in [4.69, 9.17) is 11.6 Å². The molecule has 0 unspecified atom stereocenters. The zero-order valence-electron chi connectivity index (χ0n) is 16.9. The van der Waals surface area contributed by atoms with Crippen molar-refractivity contribution in [1.29, 1.82) is 0 Å². The summed E-state index contributed by atoms with van der Waals surface area (Å²) in [4.78, 5) is 37.6. The molecule has 0 spiro atoms. The maximum absolute atomic E-state index is 14.3. The lowest BCUT2D eigenvalue weighted by atomic mass is 10.2. The van der Waals surface area contributed by atoms with Gasteiger partial charge in [-0.3, -0.25) is 24.1 Å². The highest BCUT2D eigenvalue weighted by Gasteiger charge is 2.33. The third kappa shape index (κ3) is 5.80. The highest BCUT2D eigenvalue weighted by Crippen LogP contribution is 2.25. The average Bonchev–Trinajstić information content (AvgIpc) is 2.80. The van der Waals surface area contributed by atoms with Gasteiger partial charge in [0.05, 0.1) is 25.0 Å². The number of amides is 1.